The molecule has 35 heavy (non-hydrogen) atoms. The minimum atomic E-state index is -0.704. The van der Waals surface area contributed by atoms with Crippen LogP contribution in [0.25, 0.3) is 11.4 Å². The largest absolute Gasteiger partial charge is 0.363 e. The van der Waals surface area contributed by atoms with Crippen LogP contribution in [0, 0.1) is 6.92 Å². The van der Waals surface area contributed by atoms with Crippen molar-refractivity contribution in [1.29, 1.82) is 0 Å². The van der Waals surface area contributed by atoms with Gasteiger partial charge in [0, 0.05) is 33.8 Å². The average molecular weight is 476 g/mol. The van der Waals surface area contributed by atoms with E-state index in [4.69, 9.17) is 5.10 Å². The van der Waals surface area contributed by atoms with Crippen LogP contribution in [-0.4, -0.2) is 66.4 Å². The van der Waals surface area contributed by atoms with Crippen molar-refractivity contribution in [2.45, 2.75) is 32.5 Å². The van der Waals surface area contributed by atoms with Crippen molar-refractivity contribution in [1.82, 2.24) is 39.4 Å². The molecule has 3 aromatic heterocycles. The summed E-state index contributed by atoms with van der Waals surface area (Å²) in [6, 6.07) is 11.0. The number of imidazole rings is 1. The molecule has 11 heteroatoms. The molecule has 0 spiro atoms. The normalized spacial score (nSPS) is 11.9. The molecule has 11 nitrogen and oxygen atoms in total. The first-order valence-electron chi connectivity index (χ1n) is 11.3. The van der Waals surface area contributed by atoms with Gasteiger partial charge >= 0.3 is 0 Å². The SMILES string of the molecule is Cc1ncc(-c2cc(N(C)C)n(CCC(C=O)NC(=O)c3ncn(Cc4ccccc4)n3)n2)n1C. The molecule has 4 aromatic rings. The van der Waals surface area contributed by atoms with Crippen LogP contribution in [0.5, 0.6) is 0 Å². The molecule has 1 aromatic carbocycles. The molecule has 1 N–H and O–H groups in total. The summed E-state index contributed by atoms with van der Waals surface area (Å²) in [6.45, 7) is 2.87. The minimum absolute atomic E-state index is 0.0229. The van der Waals surface area contributed by atoms with E-state index in [-0.39, 0.29) is 5.82 Å². The van der Waals surface area contributed by atoms with E-state index < -0.39 is 11.9 Å². The standard InChI is InChI=1S/C24H29N9O2/c1-17-25-13-21(31(17)4)20-12-22(30(2)3)33(28-20)11-10-19(15-34)27-24(35)23-26-16-32(29-23)14-18-8-6-5-7-9-18/h5-9,12-13,15-16,19H,10-11,14H2,1-4H3,(H,27,35). The summed E-state index contributed by atoms with van der Waals surface area (Å²) in [7, 11) is 5.81. The number of nitrogens with one attached hydrogen (secondary N) is 1. The van der Waals surface area contributed by atoms with Crippen molar-refractivity contribution in [2.24, 2.45) is 7.05 Å². The Labute approximate surface area is 203 Å². The van der Waals surface area contributed by atoms with Crippen LogP contribution in [0.1, 0.15) is 28.4 Å². The molecule has 0 radical (unpaired) electrons. The lowest BCUT2D eigenvalue weighted by Crippen LogP contribution is -2.37. The highest BCUT2D eigenvalue weighted by molar-refractivity contribution is 5.92. The van der Waals surface area contributed by atoms with E-state index in [1.807, 2.05) is 78.6 Å². The van der Waals surface area contributed by atoms with Gasteiger partial charge in [-0.05, 0) is 18.9 Å². The molecule has 0 aliphatic carbocycles. The van der Waals surface area contributed by atoms with Gasteiger partial charge < -0.3 is 19.6 Å². The number of rotatable bonds is 10. The molecule has 0 aliphatic heterocycles. The third-order valence-electron chi connectivity index (χ3n) is 5.76. The number of carbonyl (C=O) groups excluding carboxylic acids is 2. The average Bonchev–Trinajstić information content (AvgIpc) is 3.57. The quantitative estimate of drug-likeness (QED) is 0.347. The lowest BCUT2D eigenvalue weighted by molar-refractivity contribution is -0.109. The van der Waals surface area contributed by atoms with Gasteiger partial charge in [0.15, 0.2) is 0 Å². The van der Waals surface area contributed by atoms with Crippen LogP contribution in [0.15, 0.2) is 48.9 Å². The van der Waals surface area contributed by atoms with Crippen LogP contribution in [0.2, 0.25) is 0 Å². The Hall–Kier alpha value is -4.28. The lowest BCUT2D eigenvalue weighted by Gasteiger charge is -2.16. The summed E-state index contributed by atoms with van der Waals surface area (Å²) in [5.74, 6) is 1.31. The molecule has 4 rings (SSSR count). The van der Waals surface area contributed by atoms with E-state index in [1.165, 1.54) is 6.33 Å². The van der Waals surface area contributed by atoms with Crippen molar-refractivity contribution >= 4 is 18.0 Å². The van der Waals surface area contributed by atoms with Crippen molar-refractivity contribution in [3.05, 3.63) is 66.1 Å². The highest BCUT2D eigenvalue weighted by Crippen LogP contribution is 2.24. The number of benzene rings is 1. The van der Waals surface area contributed by atoms with E-state index in [0.717, 1.165) is 34.9 Å². The number of anilines is 1. The number of amides is 1. The topological polar surface area (TPSA) is 116 Å². The van der Waals surface area contributed by atoms with Gasteiger partial charge in [0.05, 0.1) is 24.5 Å². The van der Waals surface area contributed by atoms with Crippen LogP contribution >= 0.6 is 0 Å². The van der Waals surface area contributed by atoms with Crippen LogP contribution in [-0.2, 0) is 24.9 Å². The lowest BCUT2D eigenvalue weighted by atomic mass is 10.2. The fourth-order valence-electron chi connectivity index (χ4n) is 3.71. The van der Waals surface area contributed by atoms with Gasteiger partial charge in [-0.25, -0.2) is 19.3 Å². The van der Waals surface area contributed by atoms with Crippen LogP contribution < -0.4 is 10.2 Å². The van der Waals surface area contributed by atoms with E-state index in [2.05, 4.69) is 20.4 Å². The fourth-order valence-corrected chi connectivity index (χ4v) is 3.71. The summed E-state index contributed by atoms with van der Waals surface area (Å²) in [6.07, 6.45) is 4.39. The van der Waals surface area contributed by atoms with Gasteiger partial charge in [0.2, 0.25) is 5.82 Å². The van der Waals surface area contributed by atoms with E-state index in [0.29, 0.717) is 19.5 Å². The Kier molecular flexibility index (Phi) is 7.04. The highest BCUT2D eigenvalue weighted by atomic mass is 16.2. The Morgan fingerprint density at radius 3 is 2.60 bits per heavy atom. The molecule has 1 atom stereocenters. The maximum Gasteiger partial charge on any atom is 0.291 e. The summed E-state index contributed by atoms with van der Waals surface area (Å²) in [5, 5.41) is 11.7. The van der Waals surface area contributed by atoms with Gasteiger partial charge in [-0.3, -0.25) is 4.79 Å². The second-order valence-corrected chi connectivity index (χ2v) is 8.51. The summed E-state index contributed by atoms with van der Waals surface area (Å²) < 4.78 is 5.40. The van der Waals surface area contributed by atoms with Gasteiger partial charge in [-0.1, -0.05) is 30.3 Å². The van der Waals surface area contributed by atoms with Crippen LogP contribution in [0.3, 0.4) is 0 Å². The summed E-state index contributed by atoms with van der Waals surface area (Å²) >= 11 is 0. The zero-order valence-electron chi connectivity index (χ0n) is 20.3. The number of carbonyl (C=O) groups is 2. The van der Waals surface area contributed by atoms with E-state index in [9.17, 15) is 9.59 Å². The van der Waals surface area contributed by atoms with E-state index >= 15 is 0 Å². The number of aryl methyl sites for hydroxylation is 2. The minimum Gasteiger partial charge on any atom is -0.363 e. The van der Waals surface area contributed by atoms with Crippen molar-refractivity contribution in [2.75, 3.05) is 19.0 Å². The molecule has 3 heterocycles. The smallest absolute Gasteiger partial charge is 0.291 e. The first-order chi connectivity index (χ1) is 16.9. The predicted octanol–water partition coefficient (Wildman–Crippen LogP) is 1.69. The molecule has 0 aliphatic rings. The molecule has 0 bridgehead atoms. The molecule has 0 saturated heterocycles. The monoisotopic (exact) mass is 475 g/mol. The van der Waals surface area contributed by atoms with Crippen LogP contribution in [0.4, 0.5) is 5.82 Å². The second kappa shape index (κ2) is 10.3. The van der Waals surface area contributed by atoms with Crippen molar-refractivity contribution in [3.8, 4) is 11.4 Å². The van der Waals surface area contributed by atoms with Gasteiger partial charge in [-0.2, -0.15) is 5.10 Å². The number of aldehydes is 1. The number of hydrogen-bond acceptors (Lipinski definition) is 7. The third-order valence-corrected chi connectivity index (χ3v) is 5.76. The van der Waals surface area contributed by atoms with Gasteiger partial charge in [-0.15, -0.1) is 5.10 Å². The first kappa shape index (κ1) is 23.9. The molecule has 0 fully saturated rings. The van der Waals surface area contributed by atoms with Gasteiger partial charge in [0.1, 0.15) is 29.9 Å². The number of aromatic nitrogens is 7. The first-order valence-corrected chi connectivity index (χ1v) is 11.3. The maximum absolute atomic E-state index is 12.6. The zero-order chi connectivity index (χ0) is 24.9. The Balaban J connectivity index is 1.41. The zero-order valence-corrected chi connectivity index (χ0v) is 20.3. The van der Waals surface area contributed by atoms with Gasteiger partial charge in [0.25, 0.3) is 5.91 Å². The third kappa shape index (κ3) is 5.45. The molecule has 182 valence electrons. The Bertz CT molecular complexity index is 1300. The molecule has 1 amide bonds. The predicted molar refractivity (Wildman–Crippen MR) is 131 cm³/mol. The van der Waals surface area contributed by atoms with Crippen molar-refractivity contribution in [3.63, 3.8) is 0 Å². The Morgan fingerprint density at radius 1 is 1.17 bits per heavy atom. The Morgan fingerprint density at radius 2 is 1.94 bits per heavy atom. The number of hydrogen-bond donors (Lipinski definition) is 1. The molecule has 1 unspecified atom stereocenters. The molecular formula is C24H29N9O2. The summed E-state index contributed by atoms with van der Waals surface area (Å²) in [4.78, 5) is 34.8. The maximum atomic E-state index is 12.6. The summed E-state index contributed by atoms with van der Waals surface area (Å²) in [5.41, 5.74) is 2.74. The fraction of sp³-hybridized carbons (Fsp3) is 0.333. The molecule has 0 saturated carbocycles. The molecular weight excluding hydrogens is 446 g/mol. The van der Waals surface area contributed by atoms with Crippen molar-refractivity contribution < 1.29 is 9.59 Å². The second-order valence-electron chi connectivity index (χ2n) is 8.51. The van der Waals surface area contributed by atoms with E-state index in [1.54, 1.807) is 10.9 Å². The highest BCUT2D eigenvalue weighted by Gasteiger charge is 2.19. The number of nitrogens with zero attached hydrogens (tertiary/aromatic N) is 8.